The average molecular weight is 386 g/mol. The number of hydrogen-bond donors (Lipinski definition) is 0. The summed E-state index contributed by atoms with van der Waals surface area (Å²) < 4.78 is 0. The van der Waals surface area contributed by atoms with Gasteiger partial charge in [0.2, 0.25) is 0 Å². The minimum atomic E-state index is 0.719. The molecule has 0 amide bonds. The standard InChI is InChI=1S/C24H14N6/c1-2-6-20-19(5-1)26-14-23(28-20)16-8-7-15-11-22(30-29-21(15)12-16)18-10-17-4-3-9-25-24(17)27-13-18/h1-14H. The van der Waals surface area contributed by atoms with Crippen LogP contribution < -0.4 is 0 Å². The summed E-state index contributed by atoms with van der Waals surface area (Å²) in [4.78, 5) is 17.9. The fraction of sp³-hybridized carbons (Fsp3) is 0. The Balaban J connectivity index is 1.41. The van der Waals surface area contributed by atoms with Gasteiger partial charge >= 0.3 is 0 Å². The summed E-state index contributed by atoms with van der Waals surface area (Å²) >= 11 is 0. The van der Waals surface area contributed by atoms with Crippen LogP contribution in [-0.4, -0.2) is 30.1 Å². The molecule has 0 bridgehead atoms. The molecule has 140 valence electrons. The van der Waals surface area contributed by atoms with Crippen LogP contribution in [0, 0.1) is 0 Å². The maximum absolute atomic E-state index is 4.72. The lowest BCUT2D eigenvalue weighted by Crippen LogP contribution is -1.93. The Hall–Kier alpha value is -4.32. The van der Waals surface area contributed by atoms with Gasteiger partial charge in [-0.3, -0.25) is 4.98 Å². The van der Waals surface area contributed by atoms with Gasteiger partial charge in [-0.2, -0.15) is 0 Å². The molecule has 4 heterocycles. The van der Waals surface area contributed by atoms with E-state index in [0.717, 1.165) is 55.5 Å². The smallest absolute Gasteiger partial charge is 0.159 e. The van der Waals surface area contributed by atoms with E-state index in [9.17, 15) is 0 Å². The molecule has 30 heavy (non-hydrogen) atoms. The molecule has 0 N–H and O–H groups in total. The molecule has 4 aromatic heterocycles. The lowest BCUT2D eigenvalue weighted by atomic mass is 10.1. The van der Waals surface area contributed by atoms with Gasteiger partial charge in [0.1, 0.15) is 0 Å². The van der Waals surface area contributed by atoms with Crippen molar-refractivity contribution in [2.75, 3.05) is 0 Å². The summed E-state index contributed by atoms with van der Waals surface area (Å²) in [6, 6.07) is 21.9. The average Bonchev–Trinajstić information content (AvgIpc) is 2.83. The molecule has 0 aliphatic rings. The number of aromatic nitrogens is 6. The first kappa shape index (κ1) is 16.6. The van der Waals surface area contributed by atoms with Crippen molar-refractivity contribution in [2.24, 2.45) is 0 Å². The SMILES string of the molecule is c1cnc2ncc(-c3cc4ccc(-c5cnc6ccccc6n5)cc4nn3)cc2c1. The first-order valence-corrected chi connectivity index (χ1v) is 9.54. The number of nitrogens with zero attached hydrogens (tertiary/aromatic N) is 6. The molecular formula is C24H14N6. The zero-order valence-electron chi connectivity index (χ0n) is 15.8. The molecule has 6 aromatic rings. The van der Waals surface area contributed by atoms with E-state index < -0.39 is 0 Å². The summed E-state index contributed by atoms with van der Waals surface area (Å²) in [7, 11) is 0. The number of hydrogen-bond acceptors (Lipinski definition) is 6. The molecule has 6 nitrogen and oxygen atoms in total. The molecule has 0 unspecified atom stereocenters. The summed E-state index contributed by atoms with van der Waals surface area (Å²) in [5.74, 6) is 0. The van der Waals surface area contributed by atoms with Gasteiger partial charge < -0.3 is 0 Å². The number of pyridine rings is 2. The van der Waals surface area contributed by atoms with Crippen LogP contribution in [0.1, 0.15) is 0 Å². The highest BCUT2D eigenvalue weighted by Crippen LogP contribution is 2.26. The molecule has 0 radical (unpaired) electrons. The van der Waals surface area contributed by atoms with E-state index in [-0.39, 0.29) is 0 Å². The summed E-state index contributed by atoms with van der Waals surface area (Å²) in [5.41, 5.74) is 6.74. The van der Waals surface area contributed by atoms with Gasteiger partial charge in [0.05, 0.1) is 34.1 Å². The van der Waals surface area contributed by atoms with Crippen LogP contribution in [0.3, 0.4) is 0 Å². The maximum atomic E-state index is 4.72. The third kappa shape index (κ3) is 2.82. The van der Waals surface area contributed by atoms with E-state index in [0.29, 0.717) is 0 Å². The number of para-hydroxylation sites is 2. The highest BCUT2D eigenvalue weighted by atomic mass is 15.1. The summed E-state index contributed by atoms with van der Waals surface area (Å²) in [5, 5.41) is 10.8. The molecule has 6 rings (SSSR count). The Labute approximate surface area is 171 Å². The van der Waals surface area contributed by atoms with E-state index >= 15 is 0 Å². The Bertz CT molecular complexity index is 1440. The highest BCUT2D eigenvalue weighted by molar-refractivity contribution is 5.87. The zero-order valence-corrected chi connectivity index (χ0v) is 15.8. The van der Waals surface area contributed by atoms with Crippen molar-refractivity contribution < 1.29 is 0 Å². The van der Waals surface area contributed by atoms with Gasteiger partial charge in [-0.1, -0.05) is 24.3 Å². The fourth-order valence-electron chi connectivity index (χ4n) is 3.54. The van der Waals surface area contributed by atoms with Gasteiger partial charge in [-0.15, -0.1) is 10.2 Å². The van der Waals surface area contributed by atoms with Crippen molar-refractivity contribution in [3.8, 4) is 22.5 Å². The molecule has 0 atom stereocenters. The summed E-state index contributed by atoms with van der Waals surface area (Å²) in [6.07, 6.45) is 5.31. The Morgan fingerprint density at radius 3 is 2.43 bits per heavy atom. The quantitative estimate of drug-likeness (QED) is 0.423. The first-order chi connectivity index (χ1) is 14.8. The Kier molecular flexibility index (Phi) is 3.67. The second kappa shape index (κ2) is 6.63. The lowest BCUT2D eigenvalue weighted by molar-refractivity contribution is 1.08. The minimum Gasteiger partial charge on any atom is -0.252 e. The van der Waals surface area contributed by atoms with Gasteiger partial charge in [-0.25, -0.2) is 15.0 Å². The predicted molar refractivity (Wildman–Crippen MR) is 117 cm³/mol. The van der Waals surface area contributed by atoms with Gasteiger partial charge in [-0.05, 0) is 42.5 Å². The van der Waals surface area contributed by atoms with Crippen LogP contribution in [0.25, 0.3) is 55.5 Å². The lowest BCUT2D eigenvalue weighted by Gasteiger charge is -2.06. The molecular weight excluding hydrogens is 372 g/mol. The minimum absolute atomic E-state index is 0.719. The third-order valence-corrected chi connectivity index (χ3v) is 5.08. The van der Waals surface area contributed by atoms with E-state index in [4.69, 9.17) is 4.98 Å². The van der Waals surface area contributed by atoms with Crippen LogP contribution in [-0.2, 0) is 0 Å². The van der Waals surface area contributed by atoms with Crippen LogP contribution in [0.4, 0.5) is 0 Å². The second-order valence-corrected chi connectivity index (χ2v) is 7.02. The zero-order chi connectivity index (χ0) is 19.9. The Morgan fingerprint density at radius 2 is 1.47 bits per heavy atom. The van der Waals surface area contributed by atoms with Crippen LogP contribution in [0.2, 0.25) is 0 Å². The molecule has 0 saturated carbocycles. The molecule has 0 aliphatic heterocycles. The predicted octanol–water partition coefficient (Wildman–Crippen LogP) is 4.85. The van der Waals surface area contributed by atoms with E-state index in [1.54, 1.807) is 18.6 Å². The van der Waals surface area contributed by atoms with Crippen molar-refractivity contribution in [3.05, 3.63) is 85.3 Å². The van der Waals surface area contributed by atoms with Crippen LogP contribution in [0.5, 0.6) is 0 Å². The van der Waals surface area contributed by atoms with Gasteiger partial charge in [0, 0.05) is 34.3 Å². The van der Waals surface area contributed by atoms with Crippen molar-refractivity contribution in [1.29, 1.82) is 0 Å². The highest BCUT2D eigenvalue weighted by Gasteiger charge is 2.08. The molecule has 0 spiro atoms. The topological polar surface area (TPSA) is 77.3 Å². The first-order valence-electron chi connectivity index (χ1n) is 9.54. The van der Waals surface area contributed by atoms with E-state index in [1.807, 2.05) is 66.7 Å². The molecule has 0 fully saturated rings. The van der Waals surface area contributed by atoms with Crippen molar-refractivity contribution in [3.63, 3.8) is 0 Å². The summed E-state index contributed by atoms with van der Waals surface area (Å²) in [6.45, 7) is 0. The normalized spacial score (nSPS) is 11.3. The number of rotatable bonds is 2. The van der Waals surface area contributed by atoms with Crippen molar-refractivity contribution in [1.82, 2.24) is 30.1 Å². The van der Waals surface area contributed by atoms with Crippen LogP contribution >= 0.6 is 0 Å². The second-order valence-electron chi connectivity index (χ2n) is 7.02. The monoisotopic (exact) mass is 386 g/mol. The maximum Gasteiger partial charge on any atom is 0.159 e. The molecule has 2 aromatic carbocycles. The molecule has 6 heteroatoms. The molecule has 0 saturated heterocycles. The van der Waals surface area contributed by atoms with Crippen molar-refractivity contribution in [2.45, 2.75) is 0 Å². The van der Waals surface area contributed by atoms with E-state index in [1.165, 1.54) is 0 Å². The van der Waals surface area contributed by atoms with Gasteiger partial charge in [0.25, 0.3) is 0 Å². The molecule has 0 aliphatic carbocycles. The fourth-order valence-corrected chi connectivity index (χ4v) is 3.54. The van der Waals surface area contributed by atoms with Crippen LogP contribution in [0.15, 0.2) is 85.3 Å². The largest absolute Gasteiger partial charge is 0.252 e. The number of fused-ring (bicyclic) bond motifs is 3. The Morgan fingerprint density at radius 1 is 0.533 bits per heavy atom. The number of benzene rings is 2. The van der Waals surface area contributed by atoms with Gasteiger partial charge in [0.15, 0.2) is 5.65 Å². The van der Waals surface area contributed by atoms with Crippen molar-refractivity contribution >= 4 is 33.0 Å². The third-order valence-electron chi connectivity index (χ3n) is 5.08. The van der Waals surface area contributed by atoms with E-state index in [2.05, 4.69) is 25.1 Å².